The van der Waals surface area contributed by atoms with Crippen molar-refractivity contribution in [1.29, 1.82) is 0 Å². The third-order valence-electron chi connectivity index (χ3n) is 3.58. The number of carbonyl (C=O) groups is 1. The Bertz CT molecular complexity index is 502. The first-order valence-corrected chi connectivity index (χ1v) is 7.73. The predicted octanol–water partition coefficient (Wildman–Crippen LogP) is 2.86. The number of aromatic nitrogens is 1. The quantitative estimate of drug-likeness (QED) is 0.848. The van der Waals surface area contributed by atoms with Crippen LogP contribution >= 0.6 is 11.6 Å². The van der Waals surface area contributed by atoms with Crippen LogP contribution in [0.4, 0.5) is 5.82 Å². The van der Waals surface area contributed by atoms with E-state index in [1.54, 1.807) is 6.07 Å². The minimum absolute atomic E-state index is 0.196. The number of hydrogen-bond donors (Lipinski definition) is 2. The van der Waals surface area contributed by atoms with E-state index < -0.39 is 0 Å². The summed E-state index contributed by atoms with van der Waals surface area (Å²) in [6.45, 7) is 6.14. The monoisotopic (exact) mass is 311 g/mol. The second kappa shape index (κ2) is 7.09. The molecular weight excluding hydrogens is 290 g/mol. The average Bonchev–Trinajstić information content (AvgIpc) is 2.91. The molecule has 1 amide bonds. The molecule has 0 bridgehead atoms. The van der Waals surface area contributed by atoms with Gasteiger partial charge in [-0.1, -0.05) is 18.5 Å². The van der Waals surface area contributed by atoms with Crippen molar-refractivity contribution in [3.05, 3.63) is 22.8 Å². The lowest BCUT2D eigenvalue weighted by atomic mass is 10.0. The van der Waals surface area contributed by atoms with Gasteiger partial charge in [0, 0.05) is 25.9 Å². The van der Waals surface area contributed by atoms with E-state index in [9.17, 15) is 4.79 Å². The van der Waals surface area contributed by atoms with Crippen LogP contribution in [-0.4, -0.2) is 36.2 Å². The van der Waals surface area contributed by atoms with Crippen molar-refractivity contribution in [1.82, 2.24) is 10.3 Å². The first kappa shape index (κ1) is 16.0. The first-order valence-electron chi connectivity index (χ1n) is 7.36. The maximum Gasteiger partial charge on any atom is 0.253 e. The van der Waals surface area contributed by atoms with E-state index in [-0.39, 0.29) is 11.5 Å². The van der Waals surface area contributed by atoms with Gasteiger partial charge in [-0.05, 0) is 32.3 Å². The molecule has 2 N–H and O–H groups in total. The fourth-order valence-electron chi connectivity index (χ4n) is 2.30. The molecule has 21 heavy (non-hydrogen) atoms. The van der Waals surface area contributed by atoms with Crippen molar-refractivity contribution >= 4 is 23.3 Å². The van der Waals surface area contributed by atoms with Crippen LogP contribution in [0.1, 0.15) is 43.5 Å². The molecule has 1 aromatic rings. The number of hydrogen-bond acceptors (Lipinski definition) is 4. The second-order valence-corrected chi connectivity index (χ2v) is 5.97. The van der Waals surface area contributed by atoms with Crippen LogP contribution in [0.15, 0.2) is 12.3 Å². The molecule has 1 aromatic heterocycles. The Morgan fingerprint density at radius 1 is 1.57 bits per heavy atom. The molecule has 5 nitrogen and oxygen atoms in total. The Labute approximate surface area is 130 Å². The number of nitrogens with one attached hydrogen (secondary N) is 2. The van der Waals surface area contributed by atoms with E-state index in [0.717, 1.165) is 32.4 Å². The normalized spacial score (nSPS) is 21.3. The number of carbonyl (C=O) groups excluding carboxylic acids is 1. The van der Waals surface area contributed by atoms with Gasteiger partial charge < -0.3 is 15.4 Å². The fourth-order valence-corrected chi connectivity index (χ4v) is 2.49. The van der Waals surface area contributed by atoms with Crippen LogP contribution in [0.25, 0.3) is 0 Å². The topological polar surface area (TPSA) is 63.2 Å². The number of halogens is 1. The summed E-state index contributed by atoms with van der Waals surface area (Å²) in [5, 5.41) is 6.40. The average molecular weight is 312 g/mol. The third-order valence-corrected chi connectivity index (χ3v) is 3.88. The molecule has 1 aliphatic heterocycles. The van der Waals surface area contributed by atoms with Crippen molar-refractivity contribution in [2.75, 3.05) is 25.0 Å². The van der Waals surface area contributed by atoms with Gasteiger partial charge in [-0.3, -0.25) is 4.79 Å². The summed E-state index contributed by atoms with van der Waals surface area (Å²) in [5.74, 6) is 0.466. The maximum atomic E-state index is 12.3. The Morgan fingerprint density at radius 2 is 2.38 bits per heavy atom. The molecule has 1 atom stereocenters. The van der Waals surface area contributed by atoms with Crippen molar-refractivity contribution in [2.45, 2.75) is 38.7 Å². The zero-order valence-electron chi connectivity index (χ0n) is 12.5. The molecule has 116 valence electrons. The second-order valence-electron chi connectivity index (χ2n) is 5.56. The maximum absolute atomic E-state index is 12.3. The van der Waals surface area contributed by atoms with Gasteiger partial charge in [0.2, 0.25) is 0 Å². The molecule has 2 heterocycles. The zero-order valence-corrected chi connectivity index (χ0v) is 13.3. The van der Waals surface area contributed by atoms with Crippen LogP contribution in [0.5, 0.6) is 0 Å². The van der Waals surface area contributed by atoms with Gasteiger partial charge in [0.1, 0.15) is 5.82 Å². The Kier molecular flexibility index (Phi) is 5.42. The van der Waals surface area contributed by atoms with Gasteiger partial charge in [-0.2, -0.15) is 0 Å². The molecule has 1 fully saturated rings. The number of anilines is 1. The summed E-state index contributed by atoms with van der Waals surface area (Å²) in [5.41, 5.74) is 0.171. The SMILES string of the molecule is CCCNc1cc(C(=O)NCC2(C)CCCO2)c(Cl)cn1. The van der Waals surface area contributed by atoms with Gasteiger partial charge in [0.15, 0.2) is 0 Å². The van der Waals surface area contributed by atoms with Crippen LogP contribution in [0, 0.1) is 0 Å². The van der Waals surface area contributed by atoms with E-state index in [1.807, 2.05) is 6.92 Å². The summed E-state index contributed by atoms with van der Waals surface area (Å²) in [6.07, 6.45) is 4.48. The van der Waals surface area contributed by atoms with Crippen LogP contribution in [-0.2, 0) is 4.74 Å². The van der Waals surface area contributed by atoms with Gasteiger partial charge in [-0.25, -0.2) is 4.98 Å². The first-order chi connectivity index (χ1) is 10.0. The zero-order chi connectivity index (χ0) is 15.3. The van der Waals surface area contributed by atoms with Crippen LogP contribution in [0.3, 0.4) is 0 Å². The number of ether oxygens (including phenoxy) is 1. The fraction of sp³-hybridized carbons (Fsp3) is 0.600. The molecule has 0 radical (unpaired) electrons. The molecule has 0 saturated carbocycles. The van der Waals surface area contributed by atoms with E-state index in [2.05, 4.69) is 22.5 Å². The van der Waals surface area contributed by atoms with E-state index in [1.165, 1.54) is 6.20 Å². The molecule has 0 spiro atoms. The molecule has 0 aliphatic carbocycles. The molecule has 1 saturated heterocycles. The van der Waals surface area contributed by atoms with Crippen molar-refractivity contribution in [2.24, 2.45) is 0 Å². The summed E-state index contributed by atoms with van der Waals surface area (Å²) in [4.78, 5) is 16.4. The summed E-state index contributed by atoms with van der Waals surface area (Å²) in [6, 6.07) is 1.69. The smallest absolute Gasteiger partial charge is 0.253 e. The third kappa shape index (κ3) is 4.32. The van der Waals surface area contributed by atoms with Crippen molar-refractivity contribution in [3.63, 3.8) is 0 Å². The van der Waals surface area contributed by atoms with Gasteiger partial charge in [0.05, 0.1) is 16.2 Å². The highest BCUT2D eigenvalue weighted by Crippen LogP contribution is 2.24. The minimum atomic E-state index is -0.265. The molecule has 2 rings (SSSR count). The van der Waals surface area contributed by atoms with Gasteiger partial charge in [0.25, 0.3) is 5.91 Å². The van der Waals surface area contributed by atoms with E-state index >= 15 is 0 Å². The lowest BCUT2D eigenvalue weighted by molar-refractivity contribution is 0.0206. The van der Waals surface area contributed by atoms with Gasteiger partial charge in [-0.15, -0.1) is 0 Å². The molecular formula is C15H22ClN3O2. The highest BCUT2D eigenvalue weighted by Gasteiger charge is 2.30. The Balaban J connectivity index is 2.00. The Hall–Kier alpha value is -1.33. The number of nitrogens with zero attached hydrogens (tertiary/aromatic N) is 1. The highest BCUT2D eigenvalue weighted by molar-refractivity contribution is 6.33. The van der Waals surface area contributed by atoms with Crippen LogP contribution < -0.4 is 10.6 Å². The Morgan fingerprint density at radius 3 is 3.05 bits per heavy atom. The number of rotatable bonds is 6. The molecule has 6 heteroatoms. The minimum Gasteiger partial charge on any atom is -0.373 e. The summed E-state index contributed by atoms with van der Waals surface area (Å²) in [7, 11) is 0. The van der Waals surface area contributed by atoms with Crippen molar-refractivity contribution in [3.8, 4) is 0 Å². The summed E-state index contributed by atoms with van der Waals surface area (Å²) < 4.78 is 5.66. The predicted molar refractivity (Wildman–Crippen MR) is 84.0 cm³/mol. The van der Waals surface area contributed by atoms with E-state index in [0.29, 0.717) is 22.9 Å². The molecule has 1 unspecified atom stereocenters. The lowest BCUT2D eigenvalue weighted by Crippen LogP contribution is -2.40. The van der Waals surface area contributed by atoms with Crippen LogP contribution in [0.2, 0.25) is 5.02 Å². The number of pyridine rings is 1. The summed E-state index contributed by atoms with van der Waals surface area (Å²) >= 11 is 6.07. The lowest BCUT2D eigenvalue weighted by Gasteiger charge is -2.23. The molecule has 1 aliphatic rings. The van der Waals surface area contributed by atoms with Crippen molar-refractivity contribution < 1.29 is 9.53 Å². The van der Waals surface area contributed by atoms with E-state index in [4.69, 9.17) is 16.3 Å². The van der Waals surface area contributed by atoms with Gasteiger partial charge >= 0.3 is 0 Å². The largest absolute Gasteiger partial charge is 0.373 e. The number of amides is 1. The highest BCUT2D eigenvalue weighted by atomic mass is 35.5. The standard InChI is InChI=1S/C15H22ClN3O2/c1-3-6-17-13-8-11(12(16)9-18-13)14(20)19-10-15(2)5-4-7-21-15/h8-9H,3-7,10H2,1-2H3,(H,17,18)(H,19,20). The molecule has 0 aromatic carbocycles.